The Hall–Kier alpha value is -1.69. The van der Waals surface area contributed by atoms with E-state index in [1.807, 2.05) is 0 Å². The van der Waals surface area contributed by atoms with Crippen molar-refractivity contribution < 1.29 is 34.2 Å². The van der Waals surface area contributed by atoms with Crippen molar-refractivity contribution in [2.45, 2.75) is 12.1 Å². The van der Waals surface area contributed by atoms with E-state index in [4.69, 9.17) is 20.0 Å². The van der Waals surface area contributed by atoms with Gasteiger partial charge in [0.25, 0.3) is 0 Å². The summed E-state index contributed by atoms with van der Waals surface area (Å²) in [6.07, 6.45) is -0.266. The number of hydrogen-bond acceptors (Lipinski definition) is 3. The number of carbonyl (C=O) groups is 2. The maximum absolute atomic E-state index is 11.2. The van der Waals surface area contributed by atoms with Gasteiger partial charge in [-0.3, -0.25) is 14.2 Å². The molecule has 0 aliphatic carbocycles. The van der Waals surface area contributed by atoms with Gasteiger partial charge in [0.05, 0.1) is 5.92 Å². The lowest BCUT2D eigenvalue weighted by atomic mass is 9.96. The van der Waals surface area contributed by atoms with Crippen molar-refractivity contribution in [3.05, 3.63) is 35.9 Å². The van der Waals surface area contributed by atoms with E-state index in [2.05, 4.69) is 0 Å². The molecule has 1 rings (SSSR count). The lowest BCUT2D eigenvalue weighted by molar-refractivity contribution is -0.148. The molecule has 0 aliphatic rings. The number of carboxylic acid groups (broad SMARTS) is 2. The normalized spacial score (nSPS) is 14.6. The van der Waals surface area contributed by atoms with Crippen molar-refractivity contribution in [1.82, 2.24) is 0 Å². The predicted molar refractivity (Wildman–Crippen MR) is 64.7 cm³/mol. The van der Waals surface area contributed by atoms with Crippen molar-refractivity contribution in [2.75, 3.05) is 0 Å². The highest BCUT2D eigenvalue weighted by molar-refractivity contribution is 7.53. The van der Waals surface area contributed by atoms with E-state index in [0.29, 0.717) is 5.56 Å². The van der Waals surface area contributed by atoms with E-state index in [0.717, 1.165) is 0 Å². The number of carboxylic acids is 2. The number of rotatable bonds is 6. The van der Waals surface area contributed by atoms with Crippen LogP contribution in [0.15, 0.2) is 30.3 Å². The highest BCUT2D eigenvalue weighted by atomic mass is 31.2. The highest BCUT2D eigenvalue weighted by Gasteiger charge is 2.45. The molecule has 0 heterocycles. The Labute approximate surface area is 108 Å². The van der Waals surface area contributed by atoms with Gasteiger partial charge in [-0.2, -0.15) is 0 Å². The highest BCUT2D eigenvalue weighted by Crippen LogP contribution is 2.46. The fourth-order valence-corrected chi connectivity index (χ4v) is 2.74. The van der Waals surface area contributed by atoms with Crippen molar-refractivity contribution in [2.24, 2.45) is 5.92 Å². The molecule has 0 radical (unpaired) electrons. The van der Waals surface area contributed by atoms with Gasteiger partial charge in [-0.15, -0.1) is 0 Å². The van der Waals surface area contributed by atoms with Crippen LogP contribution in [0.25, 0.3) is 0 Å². The zero-order valence-electron chi connectivity index (χ0n) is 9.71. The van der Waals surface area contributed by atoms with Crippen LogP contribution in [0.5, 0.6) is 0 Å². The van der Waals surface area contributed by atoms with Crippen LogP contribution in [0.4, 0.5) is 0 Å². The van der Waals surface area contributed by atoms with Crippen LogP contribution in [0.1, 0.15) is 5.56 Å². The smallest absolute Gasteiger partial charge is 0.340 e. The first-order valence-electron chi connectivity index (χ1n) is 5.28. The maximum atomic E-state index is 11.2. The summed E-state index contributed by atoms with van der Waals surface area (Å²) >= 11 is 0. The molecule has 0 amide bonds. The standard InChI is InChI=1S/C11H13O7P/c12-10(13)8(6-7-4-2-1-3-5-7)9(11(14)15)19(16,17)18/h1-5,8-9H,6H2,(H,12,13)(H,14,15)(H2,16,17,18). The van der Waals surface area contributed by atoms with Crippen LogP contribution in [0, 0.1) is 5.92 Å². The molecule has 19 heavy (non-hydrogen) atoms. The largest absolute Gasteiger partial charge is 0.481 e. The third-order valence-electron chi connectivity index (χ3n) is 2.61. The summed E-state index contributed by atoms with van der Waals surface area (Å²) in [7, 11) is -5.06. The summed E-state index contributed by atoms with van der Waals surface area (Å²) in [6, 6.07) is 8.07. The summed E-state index contributed by atoms with van der Waals surface area (Å²) in [5, 5.41) is 17.9. The van der Waals surface area contributed by atoms with Crippen LogP contribution in [-0.2, 0) is 20.6 Å². The molecule has 4 N–H and O–H groups in total. The quantitative estimate of drug-likeness (QED) is 0.562. The van der Waals surface area contributed by atoms with Crippen molar-refractivity contribution in [3.8, 4) is 0 Å². The lowest BCUT2D eigenvalue weighted by Crippen LogP contribution is -2.36. The van der Waals surface area contributed by atoms with Gasteiger partial charge >= 0.3 is 19.5 Å². The third kappa shape index (κ3) is 4.17. The minimum atomic E-state index is -5.06. The molecule has 104 valence electrons. The Bertz CT molecular complexity index is 507. The summed E-state index contributed by atoms with van der Waals surface area (Å²) in [5.74, 6) is -5.07. The van der Waals surface area contributed by atoms with Crippen LogP contribution >= 0.6 is 7.60 Å². The predicted octanol–water partition coefficient (Wildman–Crippen LogP) is 0.561. The summed E-state index contributed by atoms with van der Waals surface area (Å²) in [6.45, 7) is 0. The van der Waals surface area contributed by atoms with E-state index in [1.54, 1.807) is 30.3 Å². The first kappa shape index (κ1) is 15.4. The molecule has 0 saturated heterocycles. The Balaban J connectivity index is 3.09. The second kappa shape index (κ2) is 5.97. The van der Waals surface area contributed by atoms with Crippen molar-refractivity contribution >= 4 is 19.5 Å². The zero-order valence-corrected chi connectivity index (χ0v) is 10.6. The number of benzene rings is 1. The molecule has 1 aromatic carbocycles. The zero-order chi connectivity index (χ0) is 14.6. The fraction of sp³-hybridized carbons (Fsp3) is 0.273. The van der Waals surface area contributed by atoms with Gasteiger partial charge in [0.2, 0.25) is 0 Å². The molecule has 0 aromatic heterocycles. The van der Waals surface area contributed by atoms with Crippen molar-refractivity contribution in [1.29, 1.82) is 0 Å². The Morgan fingerprint density at radius 2 is 1.58 bits per heavy atom. The second-order valence-corrected chi connectivity index (χ2v) is 5.74. The Morgan fingerprint density at radius 3 is 1.95 bits per heavy atom. The molecular formula is C11H13O7P. The maximum Gasteiger partial charge on any atom is 0.340 e. The molecular weight excluding hydrogens is 275 g/mol. The molecule has 8 heteroatoms. The lowest BCUT2D eigenvalue weighted by Gasteiger charge is -2.21. The SMILES string of the molecule is O=C(O)C(Cc1ccccc1)C(C(=O)O)P(=O)(O)O. The first-order valence-corrected chi connectivity index (χ1v) is 6.96. The molecule has 7 nitrogen and oxygen atoms in total. The van der Waals surface area contributed by atoms with Crippen LogP contribution in [-0.4, -0.2) is 37.6 Å². The molecule has 2 unspecified atom stereocenters. The molecule has 0 bridgehead atoms. The van der Waals surface area contributed by atoms with E-state index in [9.17, 15) is 14.2 Å². The van der Waals surface area contributed by atoms with Crippen molar-refractivity contribution in [3.63, 3.8) is 0 Å². The van der Waals surface area contributed by atoms with E-state index < -0.39 is 31.1 Å². The summed E-state index contributed by atoms with van der Waals surface area (Å²) in [5.41, 5.74) is -1.76. The summed E-state index contributed by atoms with van der Waals surface area (Å²) in [4.78, 5) is 40.0. The van der Waals surface area contributed by atoms with E-state index >= 15 is 0 Å². The average Bonchev–Trinajstić information content (AvgIpc) is 2.27. The Kier molecular flexibility index (Phi) is 4.83. The van der Waals surface area contributed by atoms with Crippen LogP contribution in [0.2, 0.25) is 0 Å². The van der Waals surface area contributed by atoms with Gasteiger partial charge in [0.15, 0.2) is 5.66 Å². The molecule has 0 fully saturated rings. The van der Waals surface area contributed by atoms with Gasteiger partial charge in [0, 0.05) is 0 Å². The molecule has 0 aliphatic heterocycles. The van der Waals surface area contributed by atoms with Gasteiger partial charge in [-0.05, 0) is 12.0 Å². The van der Waals surface area contributed by atoms with Crippen LogP contribution in [0.3, 0.4) is 0 Å². The third-order valence-corrected chi connectivity index (χ3v) is 3.92. The topological polar surface area (TPSA) is 132 Å². The van der Waals surface area contributed by atoms with Gasteiger partial charge in [-0.1, -0.05) is 30.3 Å². The van der Waals surface area contributed by atoms with Gasteiger partial charge in [-0.25, -0.2) is 0 Å². The van der Waals surface area contributed by atoms with E-state index in [1.165, 1.54) is 0 Å². The summed E-state index contributed by atoms with van der Waals surface area (Å²) < 4.78 is 11.2. The van der Waals surface area contributed by atoms with Gasteiger partial charge < -0.3 is 20.0 Å². The minimum absolute atomic E-state index is 0.266. The molecule has 0 saturated carbocycles. The monoisotopic (exact) mass is 288 g/mol. The second-order valence-electron chi connectivity index (χ2n) is 4.01. The van der Waals surface area contributed by atoms with Gasteiger partial charge in [0.1, 0.15) is 0 Å². The Morgan fingerprint density at radius 1 is 1.05 bits per heavy atom. The molecule has 0 spiro atoms. The first-order chi connectivity index (χ1) is 8.73. The van der Waals surface area contributed by atoms with E-state index in [-0.39, 0.29) is 6.42 Å². The molecule has 2 atom stereocenters. The molecule has 1 aromatic rings. The number of aliphatic carboxylic acids is 2. The number of hydrogen-bond donors (Lipinski definition) is 4. The fourth-order valence-electron chi connectivity index (χ4n) is 1.75. The van der Waals surface area contributed by atoms with Crippen LogP contribution < -0.4 is 0 Å². The average molecular weight is 288 g/mol. The minimum Gasteiger partial charge on any atom is -0.481 e.